The van der Waals surface area contributed by atoms with Gasteiger partial charge >= 0.3 is 0 Å². The average molecular weight is 258 g/mol. The number of carbonyl (C=O) groups is 1. The predicted octanol–water partition coefficient (Wildman–Crippen LogP) is 2.83. The third-order valence-electron chi connectivity index (χ3n) is 2.91. The Hall–Kier alpha value is -2.10. The minimum atomic E-state index is -0.0763. The second-order valence-corrected chi connectivity index (χ2v) is 4.42. The lowest BCUT2D eigenvalue weighted by molar-refractivity contribution is 0.102. The summed E-state index contributed by atoms with van der Waals surface area (Å²) < 4.78 is 7.28. The van der Waals surface area contributed by atoms with E-state index in [4.69, 9.17) is 4.74 Å². The Morgan fingerprint density at radius 2 is 2.05 bits per heavy atom. The maximum atomic E-state index is 12.2. The van der Waals surface area contributed by atoms with Crippen molar-refractivity contribution in [3.05, 3.63) is 48.0 Å². The third kappa shape index (κ3) is 3.22. The molecular formula is C15H18N2O2. The maximum absolute atomic E-state index is 12.2. The topological polar surface area (TPSA) is 44.1 Å². The van der Waals surface area contributed by atoms with Gasteiger partial charge in [-0.25, -0.2) is 4.98 Å². The van der Waals surface area contributed by atoms with E-state index in [9.17, 15) is 4.79 Å². The Labute approximate surface area is 113 Å². The number of unbranched alkanes of at least 4 members (excludes halogenated alkanes) is 1. The van der Waals surface area contributed by atoms with Crippen molar-refractivity contribution in [1.82, 2.24) is 9.55 Å². The molecule has 4 nitrogen and oxygen atoms in total. The fourth-order valence-electron chi connectivity index (χ4n) is 1.75. The van der Waals surface area contributed by atoms with E-state index in [0.29, 0.717) is 18.0 Å². The molecule has 2 aromatic rings. The summed E-state index contributed by atoms with van der Waals surface area (Å²) in [6, 6.07) is 7.20. The molecule has 0 radical (unpaired) electrons. The number of hydrogen-bond acceptors (Lipinski definition) is 3. The molecule has 0 atom stereocenters. The second-order valence-electron chi connectivity index (χ2n) is 4.42. The fraction of sp³-hybridized carbons (Fsp3) is 0.333. The molecule has 1 heterocycles. The lowest BCUT2D eigenvalue weighted by Gasteiger charge is -2.06. The average Bonchev–Trinajstić information content (AvgIpc) is 2.85. The van der Waals surface area contributed by atoms with Crippen LogP contribution in [0.2, 0.25) is 0 Å². The molecule has 4 heteroatoms. The van der Waals surface area contributed by atoms with Crippen LogP contribution in [0.1, 0.15) is 35.9 Å². The Bertz CT molecular complexity index is 544. The first kappa shape index (κ1) is 13.3. The van der Waals surface area contributed by atoms with Crippen LogP contribution in [0.25, 0.3) is 0 Å². The number of nitrogens with zero attached hydrogens (tertiary/aromatic N) is 2. The van der Waals surface area contributed by atoms with Crippen LogP contribution in [0.5, 0.6) is 5.75 Å². The van der Waals surface area contributed by atoms with E-state index in [1.807, 2.05) is 19.2 Å². The molecule has 0 fully saturated rings. The minimum Gasteiger partial charge on any atom is -0.494 e. The standard InChI is InChI=1S/C15H18N2O2/c1-3-4-11-19-13-7-5-12(6-8-13)14(18)15-16-9-10-17(15)2/h5-10H,3-4,11H2,1-2H3. The molecule has 1 aromatic heterocycles. The maximum Gasteiger partial charge on any atom is 0.228 e. The van der Waals surface area contributed by atoms with Gasteiger partial charge in [-0.1, -0.05) is 13.3 Å². The van der Waals surface area contributed by atoms with Crippen LogP contribution in [0.4, 0.5) is 0 Å². The summed E-state index contributed by atoms with van der Waals surface area (Å²) in [5, 5.41) is 0. The van der Waals surface area contributed by atoms with Gasteiger partial charge in [0.25, 0.3) is 0 Å². The van der Waals surface area contributed by atoms with Crippen LogP contribution in [-0.2, 0) is 7.05 Å². The van der Waals surface area contributed by atoms with E-state index in [2.05, 4.69) is 11.9 Å². The molecule has 19 heavy (non-hydrogen) atoms. The highest BCUT2D eigenvalue weighted by molar-refractivity contribution is 6.06. The number of rotatable bonds is 6. The monoisotopic (exact) mass is 258 g/mol. The first-order chi connectivity index (χ1) is 9.22. The zero-order chi connectivity index (χ0) is 13.7. The molecule has 0 aliphatic rings. The van der Waals surface area contributed by atoms with Crippen LogP contribution in [0, 0.1) is 0 Å². The van der Waals surface area contributed by atoms with Gasteiger partial charge in [-0.2, -0.15) is 0 Å². The quantitative estimate of drug-likeness (QED) is 0.591. The fourth-order valence-corrected chi connectivity index (χ4v) is 1.75. The normalized spacial score (nSPS) is 10.4. The largest absolute Gasteiger partial charge is 0.494 e. The van der Waals surface area contributed by atoms with E-state index in [0.717, 1.165) is 18.6 Å². The zero-order valence-corrected chi connectivity index (χ0v) is 11.3. The Morgan fingerprint density at radius 3 is 2.63 bits per heavy atom. The molecule has 0 aliphatic carbocycles. The molecule has 0 unspecified atom stereocenters. The van der Waals surface area contributed by atoms with Crippen LogP contribution >= 0.6 is 0 Å². The molecule has 0 saturated heterocycles. The summed E-state index contributed by atoms with van der Waals surface area (Å²) in [6.45, 7) is 2.83. The number of aromatic nitrogens is 2. The summed E-state index contributed by atoms with van der Waals surface area (Å²) >= 11 is 0. The molecule has 0 aliphatic heterocycles. The molecule has 2 rings (SSSR count). The lowest BCUT2D eigenvalue weighted by Crippen LogP contribution is -2.08. The van der Waals surface area contributed by atoms with Crippen LogP contribution in [0.3, 0.4) is 0 Å². The molecular weight excluding hydrogens is 240 g/mol. The highest BCUT2D eigenvalue weighted by Crippen LogP contribution is 2.15. The van der Waals surface area contributed by atoms with Crippen LogP contribution < -0.4 is 4.74 Å². The van der Waals surface area contributed by atoms with E-state index >= 15 is 0 Å². The predicted molar refractivity (Wildman–Crippen MR) is 73.5 cm³/mol. The Morgan fingerprint density at radius 1 is 1.32 bits per heavy atom. The summed E-state index contributed by atoms with van der Waals surface area (Å²) in [4.78, 5) is 16.2. The molecule has 0 amide bonds. The Balaban J connectivity index is 2.06. The number of benzene rings is 1. The van der Waals surface area contributed by atoms with E-state index < -0.39 is 0 Å². The summed E-state index contributed by atoms with van der Waals surface area (Å²) in [5.74, 6) is 1.16. The van der Waals surface area contributed by atoms with Gasteiger partial charge in [0, 0.05) is 25.0 Å². The SMILES string of the molecule is CCCCOc1ccc(C(=O)c2nccn2C)cc1. The first-order valence-electron chi connectivity index (χ1n) is 6.47. The van der Waals surface area contributed by atoms with Crippen molar-refractivity contribution in [1.29, 1.82) is 0 Å². The van der Waals surface area contributed by atoms with Gasteiger partial charge in [0.05, 0.1) is 6.61 Å². The van der Waals surface area contributed by atoms with Crippen LogP contribution in [-0.4, -0.2) is 21.9 Å². The summed E-state index contributed by atoms with van der Waals surface area (Å²) in [6.07, 6.45) is 5.52. The van der Waals surface area contributed by atoms with Crippen molar-refractivity contribution in [2.75, 3.05) is 6.61 Å². The molecule has 0 spiro atoms. The highest BCUT2D eigenvalue weighted by atomic mass is 16.5. The van der Waals surface area contributed by atoms with Crippen molar-refractivity contribution in [2.45, 2.75) is 19.8 Å². The van der Waals surface area contributed by atoms with Gasteiger partial charge in [-0.3, -0.25) is 4.79 Å². The van der Waals surface area contributed by atoms with E-state index in [1.54, 1.807) is 29.1 Å². The molecule has 100 valence electrons. The first-order valence-corrected chi connectivity index (χ1v) is 6.47. The zero-order valence-electron chi connectivity index (χ0n) is 11.3. The van der Waals surface area contributed by atoms with Crippen molar-refractivity contribution in [3.8, 4) is 5.75 Å². The minimum absolute atomic E-state index is 0.0763. The van der Waals surface area contributed by atoms with E-state index in [1.165, 1.54) is 0 Å². The highest BCUT2D eigenvalue weighted by Gasteiger charge is 2.13. The van der Waals surface area contributed by atoms with Crippen molar-refractivity contribution in [2.24, 2.45) is 7.05 Å². The number of carbonyl (C=O) groups excluding carboxylic acids is 1. The Kier molecular flexibility index (Phi) is 4.34. The van der Waals surface area contributed by atoms with Crippen molar-refractivity contribution >= 4 is 5.78 Å². The van der Waals surface area contributed by atoms with Gasteiger partial charge < -0.3 is 9.30 Å². The van der Waals surface area contributed by atoms with Gasteiger partial charge in [0.1, 0.15) is 5.75 Å². The van der Waals surface area contributed by atoms with E-state index in [-0.39, 0.29) is 5.78 Å². The molecule has 0 N–H and O–H groups in total. The van der Waals surface area contributed by atoms with Gasteiger partial charge in [0.15, 0.2) is 5.82 Å². The van der Waals surface area contributed by atoms with Crippen molar-refractivity contribution in [3.63, 3.8) is 0 Å². The van der Waals surface area contributed by atoms with Gasteiger partial charge in [0.2, 0.25) is 5.78 Å². The molecule has 0 saturated carbocycles. The van der Waals surface area contributed by atoms with Gasteiger partial charge in [-0.15, -0.1) is 0 Å². The van der Waals surface area contributed by atoms with Crippen molar-refractivity contribution < 1.29 is 9.53 Å². The molecule has 0 bridgehead atoms. The lowest BCUT2D eigenvalue weighted by atomic mass is 10.1. The molecule has 1 aromatic carbocycles. The van der Waals surface area contributed by atoms with Gasteiger partial charge in [-0.05, 0) is 30.7 Å². The third-order valence-corrected chi connectivity index (χ3v) is 2.91. The summed E-state index contributed by atoms with van der Waals surface area (Å²) in [5.41, 5.74) is 0.622. The number of aryl methyl sites for hydroxylation is 1. The second kappa shape index (κ2) is 6.18. The number of ether oxygens (including phenoxy) is 1. The number of imidazole rings is 1. The van der Waals surface area contributed by atoms with Crippen LogP contribution in [0.15, 0.2) is 36.7 Å². The summed E-state index contributed by atoms with van der Waals surface area (Å²) in [7, 11) is 1.81. The number of ketones is 1. The smallest absolute Gasteiger partial charge is 0.228 e. The number of hydrogen-bond donors (Lipinski definition) is 0.